The average Bonchev–Trinajstić information content (AvgIpc) is 4.12. The lowest BCUT2D eigenvalue weighted by Gasteiger charge is -2.10. The van der Waals surface area contributed by atoms with Gasteiger partial charge in [-0.3, -0.25) is 14.4 Å². The standard InChI is InChI=1S/C22H23N3O.C20H21N3OS.C16H17NO2.C8H11N.C8H6O3/c1-15-7-12-19(13-16(15)2)24-14-17-8-10-18(11-9-17)22(26)25-21-6-4-3-5-20(21)23;1-13-3-8-17(9-14(13)2)22-10-15-4-6-16(7-5-15)20(24)23-19-12-25-11-18(19)21;1-11-3-8-15(9-12(11)2)17-10-13-4-6-14(7-5-13)16(18)19;1-6-3-4-8(9)5-7(6)2;9-5-6-1-3-7(4-2-6)8(10)11/h3-13,24H,14,23H2,1-2H3,(H,25,26);3-9,11-12,22H,10,21H2,1-2H3,(H,23,24);3-9,17H,10H2,1-2H3,(H,18,19);3-5H,9H2,1-2H3;1-5H,(H,10,11). The lowest BCUT2D eigenvalue weighted by atomic mass is 10.1. The summed E-state index contributed by atoms with van der Waals surface area (Å²) >= 11 is 1.46. The first kappa shape index (κ1) is 68.1. The van der Waals surface area contributed by atoms with Crippen LogP contribution in [0.25, 0.3) is 0 Å². The first-order valence-corrected chi connectivity index (χ1v) is 29.8. The average molecular weight is 1220 g/mol. The summed E-state index contributed by atoms with van der Waals surface area (Å²) in [5.74, 6) is -2.20. The van der Waals surface area contributed by atoms with Gasteiger partial charge in [0.1, 0.15) is 6.29 Å². The highest BCUT2D eigenvalue weighted by Gasteiger charge is 2.11. The molecule has 1 aromatic heterocycles. The molecule has 0 bridgehead atoms. The highest BCUT2D eigenvalue weighted by atomic mass is 32.1. The predicted molar refractivity (Wildman–Crippen MR) is 371 cm³/mol. The molecule has 0 saturated carbocycles. The number of anilines is 8. The maximum Gasteiger partial charge on any atom is 0.335 e. The number of para-hydroxylation sites is 2. The molecule has 462 valence electrons. The van der Waals surface area contributed by atoms with Crippen LogP contribution in [0.1, 0.15) is 113 Å². The van der Waals surface area contributed by atoms with Gasteiger partial charge in [-0.1, -0.05) is 84.9 Å². The van der Waals surface area contributed by atoms with Crippen molar-refractivity contribution in [1.82, 2.24) is 0 Å². The van der Waals surface area contributed by atoms with Gasteiger partial charge in [0.25, 0.3) is 11.8 Å². The van der Waals surface area contributed by atoms with Crippen LogP contribution in [-0.2, 0) is 19.6 Å². The van der Waals surface area contributed by atoms with E-state index in [9.17, 15) is 24.0 Å². The fraction of sp³-hybridized carbons (Fsp3) is 0.149. The van der Waals surface area contributed by atoms with Crippen molar-refractivity contribution in [3.63, 3.8) is 0 Å². The number of nitrogens with two attached hydrogens (primary N) is 3. The third kappa shape index (κ3) is 21.8. The molecule has 0 spiro atoms. The summed E-state index contributed by atoms with van der Waals surface area (Å²) < 4.78 is 0. The number of carbonyl (C=O) groups excluding carboxylic acids is 3. The second-order valence-corrected chi connectivity index (χ2v) is 22.2. The molecular formula is C74H78N8O7S. The van der Waals surface area contributed by atoms with E-state index in [2.05, 4.69) is 131 Å². The highest BCUT2D eigenvalue weighted by Crippen LogP contribution is 2.25. The number of carboxylic acids is 2. The predicted octanol–water partition coefficient (Wildman–Crippen LogP) is 16.3. The van der Waals surface area contributed by atoms with Gasteiger partial charge >= 0.3 is 11.9 Å². The number of carbonyl (C=O) groups is 5. The molecule has 0 atom stereocenters. The molecule has 0 unspecified atom stereocenters. The summed E-state index contributed by atoms with van der Waals surface area (Å²) in [4.78, 5) is 55.8. The summed E-state index contributed by atoms with van der Waals surface area (Å²) in [5, 5.41) is 36.7. The van der Waals surface area contributed by atoms with Gasteiger partial charge < -0.3 is 54.0 Å². The Bertz CT molecular complexity index is 4040. The number of aryl methyl sites for hydroxylation is 8. The molecule has 0 aliphatic carbocycles. The maximum absolute atomic E-state index is 12.3. The van der Waals surface area contributed by atoms with E-state index in [1.54, 1.807) is 29.6 Å². The minimum absolute atomic E-state index is 0.154. The Morgan fingerprint density at radius 1 is 0.389 bits per heavy atom. The van der Waals surface area contributed by atoms with Gasteiger partial charge in [0, 0.05) is 69.8 Å². The molecule has 0 aliphatic rings. The number of aromatic carboxylic acids is 2. The zero-order valence-corrected chi connectivity index (χ0v) is 52.7. The van der Waals surface area contributed by atoms with Crippen molar-refractivity contribution in [3.05, 3.63) is 294 Å². The molecule has 0 saturated heterocycles. The molecule has 0 fully saturated rings. The highest BCUT2D eigenvalue weighted by molar-refractivity contribution is 7.09. The summed E-state index contributed by atoms with van der Waals surface area (Å²) in [6.45, 7) is 18.8. The lowest BCUT2D eigenvalue weighted by molar-refractivity contribution is 0.0686. The summed E-state index contributed by atoms with van der Waals surface area (Å²) in [6, 6.07) is 59.8. The van der Waals surface area contributed by atoms with E-state index in [4.69, 9.17) is 27.4 Å². The van der Waals surface area contributed by atoms with E-state index >= 15 is 0 Å². The SMILES string of the molecule is Cc1ccc(N)cc1C.Cc1ccc(NCc2ccc(C(=O)Nc3ccccc3N)cc2)cc1C.Cc1ccc(NCc2ccc(C(=O)Nc3cscc3N)cc2)cc1C.Cc1ccc(NCc2ccc(C(=O)O)cc2)cc1C.O=Cc1ccc(C(=O)O)cc1. The van der Waals surface area contributed by atoms with E-state index in [1.165, 1.54) is 80.1 Å². The summed E-state index contributed by atoms with van der Waals surface area (Å²) in [7, 11) is 0. The molecule has 1 heterocycles. The van der Waals surface area contributed by atoms with Crippen LogP contribution < -0.4 is 43.8 Å². The third-order valence-corrected chi connectivity index (χ3v) is 15.4. The van der Waals surface area contributed by atoms with E-state index in [1.807, 2.05) is 102 Å². The minimum Gasteiger partial charge on any atom is -0.478 e. The van der Waals surface area contributed by atoms with Crippen molar-refractivity contribution in [2.24, 2.45) is 0 Å². The number of benzene rings is 9. The van der Waals surface area contributed by atoms with Crippen molar-refractivity contribution >= 4 is 86.9 Å². The van der Waals surface area contributed by atoms with Crippen molar-refractivity contribution in [3.8, 4) is 0 Å². The van der Waals surface area contributed by atoms with Gasteiger partial charge in [0.05, 0.1) is 33.9 Å². The number of hydrogen-bond acceptors (Lipinski definition) is 12. The molecule has 10 rings (SSSR count). The van der Waals surface area contributed by atoms with Crippen molar-refractivity contribution in [2.45, 2.75) is 75.0 Å². The summed E-state index contributed by atoms with van der Waals surface area (Å²) in [6.07, 6.45) is 0.672. The number of thiophene rings is 1. The Labute approximate surface area is 531 Å². The molecule has 90 heavy (non-hydrogen) atoms. The number of nitrogens with one attached hydrogen (secondary N) is 5. The van der Waals surface area contributed by atoms with E-state index in [0.717, 1.165) is 39.4 Å². The number of carboxylic acid groups (broad SMARTS) is 2. The molecule has 0 aliphatic heterocycles. The monoisotopic (exact) mass is 1220 g/mol. The Kier molecular flexibility index (Phi) is 25.6. The van der Waals surface area contributed by atoms with Crippen molar-refractivity contribution < 1.29 is 34.2 Å². The van der Waals surface area contributed by atoms with Crippen LogP contribution in [0.3, 0.4) is 0 Å². The van der Waals surface area contributed by atoms with Gasteiger partial charge in [-0.25, -0.2) is 9.59 Å². The van der Waals surface area contributed by atoms with Gasteiger partial charge in [0.15, 0.2) is 0 Å². The van der Waals surface area contributed by atoms with Crippen LogP contribution in [0.5, 0.6) is 0 Å². The Morgan fingerprint density at radius 3 is 1.08 bits per heavy atom. The smallest absolute Gasteiger partial charge is 0.335 e. The van der Waals surface area contributed by atoms with E-state index in [-0.39, 0.29) is 17.4 Å². The largest absolute Gasteiger partial charge is 0.478 e. The molecule has 2 amide bonds. The second kappa shape index (κ2) is 33.8. The maximum atomic E-state index is 12.3. The van der Waals surface area contributed by atoms with Crippen molar-refractivity contribution in [1.29, 1.82) is 0 Å². The summed E-state index contributed by atoms with van der Waals surface area (Å²) in [5.41, 5.74) is 39.4. The van der Waals surface area contributed by atoms with Gasteiger partial charge in [-0.2, -0.15) is 0 Å². The van der Waals surface area contributed by atoms with Crippen LogP contribution in [-0.4, -0.2) is 40.3 Å². The minimum atomic E-state index is -0.984. The molecule has 13 N–H and O–H groups in total. The Balaban J connectivity index is 0.000000188. The molecule has 16 heteroatoms. The first-order valence-electron chi connectivity index (χ1n) is 28.9. The molecule has 15 nitrogen and oxygen atoms in total. The second-order valence-electron chi connectivity index (χ2n) is 21.5. The lowest BCUT2D eigenvalue weighted by Crippen LogP contribution is -2.13. The van der Waals surface area contributed by atoms with E-state index < -0.39 is 11.9 Å². The molecule has 0 radical (unpaired) electrons. The Hall–Kier alpha value is -11.0. The number of rotatable bonds is 16. The fourth-order valence-corrected chi connectivity index (χ4v) is 9.03. The van der Waals surface area contributed by atoms with Crippen LogP contribution >= 0.6 is 11.3 Å². The quantitative estimate of drug-likeness (QED) is 0.0319. The molecular weight excluding hydrogens is 1140 g/mol. The normalized spacial score (nSPS) is 10.1. The number of nitrogen functional groups attached to an aromatic ring is 3. The van der Waals surface area contributed by atoms with E-state index in [0.29, 0.717) is 70.9 Å². The third-order valence-electron chi connectivity index (χ3n) is 14.6. The number of hydrogen-bond donors (Lipinski definition) is 10. The Morgan fingerprint density at radius 2 is 0.744 bits per heavy atom. The van der Waals surface area contributed by atoms with Crippen LogP contribution in [0.15, 0.2) is 205 Å². The van der Waals surface area contributed by atoms with Gasteiger partial charge in [0.2, 0.25) is 0 Å². The van der Waals surface area contributed by atoms with Gasteiger partial charge in [-0.15, -0.1) is 11.3 Å². The van der Waals surface area contributed by atoms with Crippen LogP contribution in [0, 0.1) is 55.4 Å². The van der Waals surface area contributed by atoms with Gasteiger partial charge in [-0.05, 0) is 226 Å². The zero-order chi connectivity index (χ0) is 65.3. The number of amides is 2. The fourth-order valence-electron chi connectivity index (χ4n) is 8.36. The first-order chi connectivity index (χ1) is 43.0. The van der Waals surface area contributed by atoms with Crippen LogP contribution in [0.4, 0.5) is 45.5 Å². The molecule has 9 aromatic carbocycles. The molecule has 10 aromatic rings. The topological polar surface area (TPSA) is 264 Å². The zero-order valence-electron chi connectivity index (χ0n) is 51.9. The van der Waals surface area contributed by atoms with Crippen molar-refractivity contribution in [2.75, 3.05) is 43.8 Å². The van der Waals surface area contributed by atoms with Crippen LogP contribution in [0.2, 0.25) is 0 Å². The number of aldehydes is 1.